The minimum atomic E-state index is -0.832. The molecule has 2 aromatic rings. The fourth-order valence-electron chi connectivity index (χ4n) is 7.30. The third-order valence-corrected chi connectivity index (χ3v) is 9.20. The number of carbonyl (C=O) groups is 1. The molecule has 1 aliphatic carbocycles. The van der Waals surface area contributed by atoms with Crippen LogP contribution in [0.25, 0.3) is 0 Å². The zero-order valence-corrected chi connectivity index (χ0v) is 22.8. The Kier molecular flexibility index (Phi) is 7.65. The van der Waals surface area contributed by atoms with E-state index < -0.39 is 11.6 Å². The third kappa shape index (κ3) is 5.72. The lowest BCUT2D eigenvalue weighted by atomic mass is 9.69. The zero-order valence-electron chi connectivity index (χ0n) is 22.8. The monoisotopic (exact) mass is 539 g/mol. The molecule has 0 bridgehead atoms. The Morgan fingerprint density at radius 1 is 0.949 bits per heavy atom. The normalized spacial score (nSPS) is 25.9. The van der Waals surface area contributed by atoms with Gasteiger partial charge in [0.25, 0.3) is 0 Å². The van der Waals surface area contributed by atoms with Gasteiger partial charge >= 0.3 is 0 Å². The number of fused-ring (bicyclic) bond motifs is 2. The summed E-state index contributed by atoms with van der Waals surface area (Å²) in [6, 6.07) is 10.3. The van der Waals surface area contributed by atoms with Crippen molar-refractivity contribution in [3.8, 4) is 11.5 Å². The fourth-order valence-corrected chi connectivity index (χ4v) is 7.30. The largest absolute Gasteiger partial charge is 0.454 e. The first-order valence-corrected chi connectivity index (χ1v) is 14.5. The van der Waals surface area contributed by atoms with Crippen molar-refractivity contribution in [1.82, 2.24) is 9.80 Å². The van der Waals surface area contributed by atoms with Gasteiger partial charge in [0, 0.05) is 57.6 Å². The highest BCUT2D eigenvalue weighted by molar-refractivity contribution is 5.80. The summed E-state index contributed by atoms with van der Waals surface area (Å²) in [4.78, 5) is 20.5. The molecule has 2 aromatic carbocycles. The molecule has 8 heteroatoms. The Bertz CT molecular complexity index is 1190. The van der Waals surface area contributed by atoms with Crippen LogP contribution in [0.3, 0.4) is 0 Å². The van der Waals surface area contributed by atoms with Crippen LogP contribution in [0.15, 0.2) is 36.4 Å². The van der Waals surface area contributed by atoms with Crippen LogP contribution in [-0.4, -0.2) is 68.3 Å². The van der Waals surface area contributed by atoms with Crippen LogP contribution in [-0.2, 0) is 11.2 Å². The van der Waals surface area contributed by atoms with Gasteiger partial charge in [-0.2, -0.15) is 0 Å². The van der Waals surface area contributed by atoms with Crippen LogP contribution < -0.4 is 14.4 Å². The lowest BCUT2D eigenvalue weighted by Crippen LogP contribution is -2.57. The molecular weight excluding hydrogens is 500 g/mol. The summed E-state index contributed by atoms with van der Waals surface area (Å²) in [6.07, 6.45) is 5.80. The first kappa shape index (κ1) is 26.4. The summed E-state index contributed by atoms with van der Waals surface area (Å²) in [5, 5.41) is 0. The molecule has 39 heavy (non-hydrogen) atoms. The average molecular weight is 540 g/mol. The van der Waals surface area contributed by atoms with Crippen LogP contribution >= 0.6 is 0 Å². The summed E-state index contributed by atoms with van der Waals surface area (Å²) >= 11 is 0. The Labute approximate surface area is 229 Å². The predicted molar refractivity (Wildman–Crippen MR) is 146 cm³/mol. The van der Waals surface area contributed by atoms with Gasteiger partial charge in [-0.15, -0.1) is 0 Å². The summed E-state index contributed by atoms with van der Waals surface area (Å²) in [7, 11) is 0. The minimum Gasteiger partial charge on any atom is -0.454 e. The number of hydrogen-bond acceptors (Lipinski definition) is 5. The van der Waals surface area contributed by atoms with Gasteiger partial charge in [0.1, 0.15) is 0 Å². The van der Waals surface area contributed by atoms with E-state index >= 15 is 0 Å². The van der Waals surface area contributed by atoms with Crippen molar-refractivity contribution in [3.63, 3.8) is 0 Å². The second kappa shape index (κ2) is 11.3. The number of amides is 1. The number of nitrogens with zero attached hydrogens (tertiary/aromatic N) is 3. The molecule has 0 radical (unpaired) electrons. The molecule has 6 nitrogen and oxygen atoms in total. The molecule has 2 saturated heterocycles. The van der Waals surface area contributed by atoms with E-state index in [2.05, 4.69) is 24.0 Å². The van der Waals surface area contributed by atoms with E-state index in [0.29, 0.717) is 56.4 Å². The third-order valence-electron chi connectivity index (χ3n) is 9.20. The number of carbonyl (C=O) groups excluding carboxylic acids is 1. The smallest absolute Gasteiger partial charge is 0.231 e. The highest BCUT2D eigenvalue weighted by atomic mass is 19.2. The summed E-state index contributed by atoms with van der Waals surface area (Å²) in [5.74, 6) is 1.82. The maximum absolute atomic E-state index is 13.9. The number of piperidine rings is 1. The first-order valence-electron chi connectivity index (χ1n) is 14.5. The van der Waals surface area contributed by atoms with Gasteiger partial charge in [-0.1, -0.05) is 25.8 Å². The Morgan fingerprint density at radius 3 is 2.56 bits per heavy atom. The Hall–Kier alpha value is -2.87. The SMILES string of the molecule is C[C@@H](Cc1ccc2c(c1)OCO2)CN1C[C@@H]2CCCC[C@@H]2[C@H](C(=O)N2CCN(c3ccc(F)c(F)c3)CC2)C1. The Balaban J connectivity index is 1.08. The number of ether oxygens (including phenoxy) is 2. The standard InChI is InChI=1S/C31H39F2N3O3/c1-21(14-22-6-9-29-30(15-22)39-20-38-29)17-34-18-23-4-2-3-5-25(23)26(19-34)31(37)36-12-10-35(11-13-36)24-7-8-27(32)28(33)16-24/h6-9,15-16,21,23,25-26H,2-5,10-14,17-20H2,1H3/t21-,23-,25-,26+/m0/s1. The number of piperazine rings is 1. The molecule has 0 N–H and O–H groups in total. The van der Waals surface area contributed by atoms with Crippen LogP contribution in [0.1, 0.15) is 38.2 Å². The molecule has 0 spiro atoms. The van der Waals surface area contributed by atoms with Crippen molar-refractivity contribution in [2.45, 2.75) is 39.0 Å². The van der Waals surface area contributed by atoms with Gasteiger partial charge < -0.3 is 24.2 Å². The lowest BCUT2D eigenvalue weighted by molar-refractivity contribution is -0.142. The van der Waals surface area contributed by atoms with E-state index in [1.165, 1.54) is 37.0 Å². The summed E-state index contributed by atoms with van der Waals surface area (Å²) in [5.41, 5.74) is 1.93. The minimum absolute atomic E-state index is 0.0385. The Morgan fingerprint density at radius 2 is 1.74 bits per heavy atom. The van der Waals surface area contributed by atoms with Crippen molar-refractivity contribution in [1.29, 1.82) is 0 Å². The first-order chi connectivity index (χ1) is 18.9. The highest BCUT2D eigenvalue weighted by Crippen LogP contribution is 2.41. The molecule has 0 aromatic heterocycles. The molecule has 3 fully saturated rings. The van der Waals surface area contributed by atoms with Gasteiger partial charge in [-0.3, -0.25) is 4.79 Å². The van der Waals surface area contributed by atoms with Crippen molar-refractivity contribution in [3.05, 3.63) is 53.6 Å². The molecule has 210 valence electrons. The van der Waals surface area contributed by atoms with Crippen LogP contribution in [0.5, 0.6) is 11.5 Å². The van der Waals surface area contributed by atoms with Crippen molar-refractivity contribution < 1.29 is 23.0 Å². The number of rotatable bonds is 6. The second-order valence-corrected chi connectivity index (χ2v) is 11.9. The molecule has 1 saturated carbocycles. The number of hydrogen-bond donors (Lipinski definition) is 0. The fraction of sp³-hybridized carbons (Fsp3) is 0.581. The van der Waals surface area contributed by atoms with Crippen LogP contribution in [0, 0.1) is 35.3 Å². The van der Waals surface area contributed by atoms with E-state index in [9.17, 15) is 13.6 Å². The summed E-state index contributed by atoms with van der Waals surface area (Å²) < 4.78 is 38.2. The predicted octanol–water partition coefficient (Wildman–Crippen LogP) is 4.96. The lowest BCUT2D eigenvalue weighted by Gasteiger charge is -2.48. The van der Waals surface area contributed by atoms with E-state index in [4.69, 9.17) is 9.47 Å². The highest BCUT2D eigenvalue weighted by Gasteiger charge is 2.43. The molecule has 0 unspecified atom stereocenters. The van der Waals surface area contributed by atoms with Crippen molar-refractivity contribution >= 4 is 11.6 Å². The van der Waals surface area contributed by atoms with E-state index in [-0.39, 0.29) is 11.8 Å². The number of likely N-dealkylation sites (tertiary alicyclic amines) is 1. The molecule has 4 atom stereocenters. The van der Waals surface area contributed by atoms with E-state index in [1.807, 2.05) is 15.9 Å². The molecule has 1 amide bonds. The van der Waals surface area contributed by atoms with E-state index in [0.717, 1.165) is 44.0 Å². The molecule has 6 rings (SSSR count). The maximum Gasteiger partial charge on any atom is 0.231 e. The average Bonchev–Trinajstić information content (AvgIpc) is 3.42. The molecular formula is C31H39F2N3O3. The molecule has 4 aliphatic rings. The number of anilines is 1. The molecule has 3 aliphatic heterocycles. The number of halogens is 2. The van der Waals surface area contributed by atoms with Gasteiger partial charge in [0.05, 0.1) is 5.92 Å². The van der Waals surface area contributed by atoms with Crippen molar-refractivity contribution in [2.75, 3.05) is 57.5 Å². The van der Waals surface area contributed by atoms with Gasteiger partial charge in [0.2, 0.25) is 12.7 Å². The van der Waals surface area contributed by atoms with Crippen LogP contribution in [0.4, 0.5) is 14.5 Å². The second-order valence-electron chi connectivity index (χ2n) is 11.9. The van der Waals surface area contributed by atoms with Gasteiger partial charge in [0.15, 0.2) is 23.1 Å². The van der Waals surface area contributed by atoms with E-state index in [1.54, 1.807) is 6.07 Å². The summed E-state index contributed by atoms with van der Waals surface area (Å²) in [6.45, 7) is 7.98. The number of benzene rings is 2. The molecule has 3 heterocycles. The van der Waals surface area contributed by atoms with Crippen molar-refractivity contribution in [2.24, 2.45) is 23.7 Å². The quantitative estimate of drug-likeness (QED) is 0.520. The van der Waals surface area contributed by atoms with Gasteiger partial charge in [-0.05, 0) is 66.8 Å². The van der Waals surface area contributed by atoms with Gasteiger partial charge in [-0.25, -0.2) is 8.78 Å². The topological polar surface area (TPSA) is 45.3 Å². The zero-order chi connectivity index (χ0) is 26.9. The van der Waals surface area contributed by atoms with Crippen LogP contribution in [0.2, 0.25) is 0 Å². The maximum atomic E-state index is 13.9.